The minimum absolute atomic E-state index is 0.0417. The number of hydrogen-bond acceptors (Lipinski definition) is 6. The number of sulfonamides is 1. The van der Waals surface area contributed by atoms with E-state index < -0.39 is 15.6 Å². The number of hydrogen-bond donors (Lipinski definition) is 3. The maximum atomic E-state index is 12.3. The fraction of sp³-hybridized carbons (Fsp3) is 0.500. The number of benzene rings is 1. The van der Waals surface area contributed by atoms with Gasteiger partial charge >= 0.3 is 0 Å². The van der Waals surface area contributed by atoms with Crippen LogP contribution in [0.4, 0.5) is 5.69 Å². The van der Waals surface area contributed by atoms with Crippen molar-refractivity contribution in [2.75, 3.05) is 31.4 Å². The Labute approximate surface area is 123 Å². The molecule has 0 aromatic heterocycles. The van der Waals surface area contributed by atoms with Crippen LogP contribution in [-0.4, -0.2) is 44.8 Å². The third-order valence-corrected chi connectivity index (χ3v) is 4.91. The molecule has 0 saturated heterocycles. The maximum Gasteiger partial charge on any atom is 0.244 e. The molecule has 4 N–H and O–H groups in total. The van der Waals surface area contributed by atoms with Gasteiger partial charge in [0.1, 0.15) is 10.6 Å². The number of aliphatic hydroxyl groups is 1. The lowest BCUT2D eigenvalue weighted by atomic mass is 10.1. The van der Waals surface area contributed by atoms with E-state index in [9.17, 15) is 13.5 Å². The van der Waals surface area contributed by atoms with Gasteiger partial charge in [0.2, 0.25) is 10.0 Å². The first kappa shape index (κ1) is 17.1. The smallest absolute Gasteiger partial charge is 0.244 e. The highest BCUT2D eigenvalue weighted by molar-refractivity contribution is 7.98. The molecule has 8 heteroatoms. The lowest BCUT2D eigenvalue weighted by molar-refractivity contribution is 0.0908. The van der Waals surface area contributed by atoms with Crippen LogP contribution in [0, 0.1) is 0 Å². The molecule has 0 heterocycles. The molecule has 6 nitrogen and oxygen atoms in total. The lowest BCUT2D eigenvalue weighted by Gasteiger charge is -2.22. The average molecular weight is 320 g/mol. The third-order valence-electron chi connectivity index (χ3n) is 2.58. The quantitative estimate of drug-likeness (QED) is 0.638. The van der Waals surface area contributed by atoms with Crippen LogP contribution in [0.2, 0.25) is 0 Å². The standard InChI is InChI=1S/C12H20N2O4S2/c1-12(15,8-19-3)7-14-20(16,17)11-6-9(13)4-5-10(11)18-2/h4-6,14-15H,7-8,13H2,1-3H3. The molecule has 0 radical (unpaired) electrons. The third kappa shape index (κ3) is 4.55. The van der Waals surface area contributed by atoms with Gasteiger partial charge < -0.3 is 15.6 Å². The summed E-state index contributed by atoms with van der Waals surface area (Å²) in [4.78, 5) is -0.0417. The summed E-state index contributed by atoms with van der Waals surface area (Å²) in [5.41, 5.74) is 4.80. The van der Waals surface area contributed by atoms with E-state index in [0.29, 0.717) is 11.4 Å². The molecular formula is C12H20N2O4S2. The number of nitrogens with one attached hydrogen (secondary N) is 1. The molecule has 0 aliphatic rings. The normalized spacial score (nSPS) is 14.8. The molecule has 0 saturated carbocycles. The summed E-state index contributed by atoms with van der Waals surface area (Å²) in [6, 6.07) is 4.37. The predicted octanol–water partition coefficient (Wildman–Crippen LogP) is 0.670. The summed E-state index contributed by atoms with van der Waals surface area (Å²) >= 11 is 1.44. The van der Waals surface area contributed by atoms with Gasteiger partial charge in [0.25, 0.3) is 0 Å². The van der Waals surface area contributed by atoms with Crippen LogP contribution in [0.25, 0.3) is 0 Å². The molecule has 1 unspecified atom stereocenters. The van der Waals surface area contributed by atoms with Crippen molar-refractivity contribution >= 4 is 27.5 Å². The number of rotatable bonds is 7. The van der Waals surface area contributed by atoms with Gasteiger partial charge in [0.05, 0.1) is 12.7 Å². The topological polar surface area (TPSA) is 102 Å². The van der Waals surface area contributed by atoms with E-state index in [4.69, 9.17) is 10.5 Å². The second-order valence-electron chi connectivity index (χ2n) is 4.66. The summed E-state index contributed by atoms with van der Waals surface area (Å²) in [5.74, 6) is 0.625. The van der Waals surface area contributed by atoms with Gasteiger partial charge in [0.15, 0.2) is 0 Å². The molecule has 0 bridgehead atoms. The molecule has 0 aliphatic heterocycles. The van der Waals surface area contributed by atoms with Crippen LogP contribution in [0.15, 0.2) is 23.1 Å². The van der Waals surface area contributed by atoms with Crippen LogP contribution in [0.3, 0.4) is 0 Å². The number of methoxy groups -OCH3 is 1. The Kier molecular flexibility index (Phi) is 5.69. The first-order valence-corrected chi connectivity index (χ1v) is 8.74. The van der Waals surface area contributed by atoms with Crippen molar-refractivity contribution in [1.82, 2.24) is 4.72 Å². The Morgan fingerprint density at radius 3 is 2.70 bits per heavy atom. The van der Waals surface area contributed by atoms with E-state index in [0.717, 1.165) is 0 Å². The second kappa shape index (κ2) is 6.66. The van der Waals surface area contributed by atoms with E-state index in [-0.39, 0.29) is 17.2 Å². The molecule has 1 aromatic rings. The molecular weight excluding hydrogens is 300 g/mol. The van der Waals surface area contributed by atoms with Crippen molar-refractivity contribution < 1.29 is 18.3 Å². The van der Waals surface area contributed by atoms with E-state index in [2.05, 4.69) is 4.72 Å². The SMILES string of the molecule is COc1ccc(N)cc1S(=O)(=O)NCC(C)(O)CSC. The molecule has 1 atom stereocenters. The Hall–Kier alpha value is -0.960. The Morgan fingerprint density at radius 1 is 1.50 bits per heavy atom. The largest absolute Gasteiger partial charge is 0.495 e. The number of anilines is 1. The molecule has 0 fully saturated rings. The van der Waals surface area contributed by atoms with Crippen molar-refractivity contribution in [1.29, 1.82) is 0 Å². The molecule has 0 amide bonds. The highest BCUT2D eigenvalue weighted by Crippen LogP contribution is 2.26. The molecule has 1 rings (SSSR count). The van der Waals surface area contributed by atoms with Gasteiger partial charge in [-0.05, 0) is 31.4 Å². The summed E-state index contributed by atoms with van der Waals surface area (Å²) in [6.45, 7) is 1.48. The summed E-state index contributed by atoms with van der Waals surface area (Å²) in [5, 5.41) is 10.0. The number of nitrogens with two attached hydrogens (primary N) is 1. The van der Waals surface area contributed by atoms with Gasteiger partial charge in [-0.15, -0.1) is 0 Å². The highest BCUT2D eigenvalue weighted by Gasteiger charge is 2.25. The van der Waals surface area contributed by atoms with Crippen LogP contribution in [0.5, 0.6) is 5.75 Å². The maximum absolute atomic E-state index is 12.3. The minimum atomic E-state index is -3.80. The predicted molar refractivity (Wildman–Crippen MR) is 81.6 cm³/mol. The molecule has 0 aliphatic carbocycles. The zero-order valence-electron chi connectivity index (χ0n) is 11.7. The number of ether oxygens (including phenoxy) is 1. The monoisotopic (exact) mass is 320 g/mol. The van der Waals surface area contributed by atoms with Crippen LogP contribution in [-0.2, 0) is 10.0 Å². The van der Waals surface area contributed by atoms with Gasteiger partial charge in [-0.1, -0.05) is 0 Å². The van der Waals surface area contributed by atoms with Gasteiger partial charge in [-0.3, -0.25) is 0 Å². The Bertz CT molecular complexity index is 559. The highest BCUT2D eigenvalue weighted by atomic mass is 32.2. The number of thioether (sulfide) groups is 1. The second-order valence-corrected chi connectivity index (χ2v) is 7.27. The molecule has 1 aromatic carbocycles. The minimum Gasteiger partial charge on any atom is -0.495 e. The van der Waals surface area contributed by atoms with Crippen LogP contribution < -0.4 is 15.2 Å². The molecule has 20 heavy (non-hydrogen) atoms. The fourth-order valence-electron chi connectivity index (χ4n) is 1.59. The fourth-order valence-corrected chi connectivity index (χ4v) is 3.68. The zero-order chi connectivity index (χ0) is 15.4. The van der Waals surface area contributed by atoms with E-state index in [1.807, 2.05) is 6.26 Å². The van der Waals surface area contributed by atoms with Crippen molar-refractivity contribution in [2.24, 2.45) is 0 Å². The van der Waals surface area contributed by atoms with Gasteiger partial charge in [-0.25, -0.2) is 13.1 Å². The Balaban J connectivity index is 2.97. The molecule has 114 valence electrons. The zero-order valence-corrected chi connectivity index (χ0v) is 13.3. The van der Waals surface area contributed by atoms with Crippen LogP contribution >= 0.6 is 11.8 Å². The lowest BCUT2D eigenvalue weighted by Crippen LogP contribution is -2.42. The van der Waals surface area contributed by atoms with Gasteiger partial charge in [0, 0.05) is 18.0 Å². The Morgan fingerprint density at radius 2 is 2.15 bits per heavy atom. The number of nitrogen functional groups attached to an aromatic ring is 1. The van der Waals surface area contributed by atoms with Gasteiger partial charge in [-0.2, -0.15) is 11.8 Å². The average Bonchev–Trinajstić information content (AvgIpc) is 2.37. The van der Waals surface area contributed by atoms with Crippen molar-refractivity contribution in [2.45, 2.75) is 17.4 Å². The molecule has 0 spiro atoms. The summed E-state index contributed by atoms with van der Waals surface area (Å²) in [7, 11) is -2.42. The van der Waals surface area contributed by atoms with E-state index in [1.165, 1.54) is 31.0 Å². The summed E-state index contributed by atoms with van der Waals surface area (Å²) in [6.07, 6.45) is 1.84. The van der Waals surface area contributed by atoms with Crippen molar-refractivity contribution in [3.63, 3.8) is 0 Å². The van der Waals surface area contributed by atoms with Crippen LogP contribution in [0.1, 0.15) is 6.92 Å². The van der Waals surface area contributed by atoms with E-state index >= 15 is 0 Å². The first-order chi connectivity index (χ1) is 9.22. The first-order valence-electron chi connectivity index (χ1n) is 5.86. The van der Waals surface area contributed by atoms with E-state index in [1.54, 1.807) is 13.0 Å². The van der Waals surface area contributed by atoms with Crippen molar-refractivity contribution in [3.8, 4) is 5.75 Å². The summed E-state index contributed by atoms with van der Waals surface area (Å²) < 4.78 is 31.9. The van der Waals surface area contributed by atoms with Crippen molar-refractivity contribution in [3.05, 3.63) is 18.2 Å².